The molecule has 0 saturated heterocycles. The summed E-state index contributed by atoms with van der Waals surface area (Å²) in [6.07, 6.45) is 0. The van der Waals surface area contributed by atoms with Gasteiger partial charge in [-0.3, -0.25) is 10.1 Å². The van der Waals surface area contributed by atoms with Gasteiger partial charge in [0, 0.05) is 28.8 Å². The zero-order valence-electron chi connectivity index (χ0n) is 10.7. The van der Waals surface area contributed by atoms with Crippen molar-refractivity contribution in [1.29, 1.82) is 0 Å². The summed E-state index contributed by atoms with van der Waals surface area (Å²) < 4.78 is 13.6. The summed E-state index contributed by atoms with van der Waals surface area (Å²) in [6.45, 7) is 2.35. The number of hydrogen-bond donors (Lipinski definition) is 1. The van der Waals surface area contributed by atoms with Gasteiger partial charge >= 0.3 is 0 Å². The Hall–Kier alpha value is -1.95. The second-order valence-corrected chi connectivity index (χ2v) is 5.20. The van der Waals surface area contributed by atoms with Crippen LogP contribution in [0.4, 0.5) is 15.8 Å². The highest BCUT2D eigenvalue weighted by Crippen LogP contribution is 2.27. The number of benzene rings is 2. The highest BCUT2D eigenvalue weighted by Gasteiger charge is 2.09. The van der Waals surface area contributed by atoms with Crippen LogP contribution < -0.4 is 5.32 Å². The molecule has 20 heavy (non-hydrogen) atoms. The molecule has 0 heterocycles. The molecule has 6 heteroatoms. The average molecular weight is 339 g/mol. The molecule has 1 N–H and O–H groups in total. The Bertz CT molecular complexity index is 662. The maximum Gasteiger partial charge on any atom is 0.270 e. The summed E-state index contributed by atoms with van der Waals surface area (Å²) in [5.74, 6) is -0.261. The number of nitrogens with zero attached hydrogens (tertiary/aromatic N) is 1. The molecular formula is C14H12BrFN2O2. The number of hydrogen-bond acceptors (Lipinski definition) is 3. The van der Waals surface area contributed by atoms with E-state index in [1.807, 2.05) is 6.92 Å². The molecule has 0 aliphatic rings. The summed E-state index contributed by atoms with van der Waals surface area (Å²) in [5.41, 5.74) is 2.60. The van der Waals surface area contributed by atoms with Gasteiger partial charge in [-0.25, -0.2) is 4.39 Å². The van der Waals surface area contributed by atoms with Crippen LogP contribution in [0.15, 0.2) is 40.9 Å². The Morgan fingerprint density at radius 3 is 2.65 bits per heavy atom. The lowest BCUT2D eigenvalue weighted by molar-refractivity contribution is -0.384. The molecule has 2 aromatic carbocycles. The molecule has 2 rings (SSSR count). The first-order valence-electron chi connectivity index (χ1n) is 5.90. The van der Waals surface area contributed by atoms with Crippen molar-refractivity contribution in [2.24, 2.45) is 0 Å². The van der Waals surface area contributed by atoms with Gasteiger partial charge in [-0.05, 0) is 52.2 Å². The molecule has 0 fully saturated rings. The lowest BCUT2D eigenvalue weighted by atomic mass is 10.1. The van der Waals surface area contributed by atoms with Crippen LogP contribution in [0.1, 0.15) is 11.1 Å². The molecule has 0 aromatic heterocycles. The predicted molar refractivity (Wildman–Crippen MR) is 79.3 cm³/mol. The first-order chi connectivity index (χ1) is 9.47. The minimum Gasteiger partial charge on any atom is -0.380 e. The zero-order chi connectivity index (χ0) is 14.7. The average Bonchev–Trinajstić information content (AvgIpc) is 2.38. The standard InChI is InChI=1S/C14H12BrFN2O2/c1-9-6-11(16)3-2-10(9)8-17-14-5-4-12(18(19)20)7-13(14)15/h2-7,17H,8H2,1H3. The van der Waals surface area contributed by atoms with E-state index in [0.29, 0.717) is 11.0 Å². The molecule has 0 aliphatic heterocycles. The van der Waals surface area contributed by atoms with Crippen LogP contribution in [0.3, 0.4) is 0 Å². The topological polar surface area (TPSA) is 55.2 Å². The van der Waals surface area contributed by atoms with Crippen LogP contribution in [0.2, 0.25) is 0 Å². The van der Waals surface area contributed by atoms with Crippen molar-refractivity contribution in [2.45, 2.75) is 13.5 Å². The van der Waals surface area contributed by atoms with Crippen LogP contribution in [-0.4, -0.2) is 4.92 Å². The van der Waals surface area contributed by atoms with Gasteiger partial charge in [0.2, 0.25) is 0 Å². The molecule has 0 aliphatic carbocycles. The summed E-state index contributed by atoms with van der Waals surface area (Å²) in [4.78, 5) is 10.2. The number of nitro benzene ring substituents is 1. The Morgan fingerprint density at radius 1 is 1.30 bits per heavy atom. The van der Waals surface area contributed by atoms with E-state index in [4.69, 9.17) is 0 Å². The van der Waals surface area contributed by atoms with E-state index in [1.54, 1.807) is 12.1 Å². The number of nitro groups is 1. The van der Waals surface area contributed by atoms with Crippen LogP contribution in [0.25, 0.3) is 0 Å². The van der Waals surface area contributed by atoms with Gasteiger partial charge in [-0.1, -0.05) is 6.07 Å². The maximum atomic E-state index is 13.0. The number of rotatable bonds is 4. The van der Waals surface area contributed by atoms with Gasteiger partial charge in [0.05, 0.1) is 4.92 Å². The third-order valence-corrected chi connectivity index (χ3v) is 3.59. The Kier molecular flexibility index (Phi) is 4.34. The van der Waals surface area contributed by atoms with Gasteiger partial charge in [0.15, 0.2) is 0 Å². The zero-order valence-corrected chi connectivity index (χ0v) is 12.3. The SMILES string of the molecule is Cc1cc(F)ccc1CNc1ccc([N+](=O)[O-])cc1Br. The van der Waals surface area contributed by atoms with E-state index < -0.39 is 4.92 Å². The van der Waals surface area contributed by atoms with Crippen LogP contribution in [-0.2, 0) is 6.54 Å². The Balaban J connectivity index is 2.13. The smallest absolute Gasteiger partial charge is 0.270 e. The first-order valence-corrected chi connectivity index (χ1v) is 6.69. The minimum absolute atomic E-state index is 0.0281. The summed E-state index contributed by atoms with van der Waals surface area (Å²) in [7, 11) is 0. The highest BCUT2D eigenvalue weighted by atomic mass is 79.9. The van der Waals surface area contributed by atoms with Crippen molar-refractivity contribution in [3.8, 4) is 0 Å². The van der Waals surface area contributed by atoms with Crippen molar-refractivity contribution in [1.82, 2.24) is 0 Å². The van der Waals surface area contributed by atoms with Crippen LogP contribution in [0.5, 0.6) is 0 Å². The van der Waals surface area contributed by atoms with E-state index in [2.05, 4.69) is 21.2 Å². The van der Waals surface area contributed by atoms with Crippen LogP contribution >= 0.6 is 15.9 Å². The fourth-order valence-corrected chi connectivity index (χ4v) is 2.32. The molecule has 2 aromatic rings. The Morgan fingerprint density at radius 2 is 2.05 bits per heavy atom. The molecule has 0 amide bonds. The van der Waals surface area contributed by atoms with Gasteiger partial charge in [-0.15, -0.1) is 0 Å². The summed E-state index contributed by atoms with van der Waals surface area (Å²) >= 11 is 3.29. The fourth-order valence-electron chi connectivity index (χ4n) is 1.81. The molecule has 0 spiro atoms. The van der Waals surface area contributed by atoms with E-state index in [1.165, 1.54) is 24.3 Å². The molecule has 0 bridgehead atoms. The second kappa shape index (κ2) is 6.00. The molecule has 0 atom stereocenters. The van der Waals surface area contributed by atoms with Gasteiger partial charge in [0.25, 0.3) is 5.69 Å². The first kappa shape index (κ1) is 14.5. The fraction of sp³-hybridized carbons (Fsp3) is 0.143. The van der Waals surface area contributed by atoms with Crippen molar-refractivity contribution >= 4 is 27.3 Å². The van der Waals surface area contributed by atoms with Gasteiger partial charge in [-0.2, -0.15) is 0 Å². The predicted octanol–water partition coefficient (Wildman–Crippen LogP) is 4.42. The molecule has 4 nitrogen and oxygen atoms in total. The number of aryl methyl sites for hydroxylation is 1. The molecule has 104 valence electrons. The van der Waals surface area contributed by atoms with E-state index in [9.17, 15) is 14.5 Å². The maximum absolute atomic E-state index is 13.0. The summed E-state index contributed by atoms with van der Waals surface area (Å²) in [6, 6.07) is 9.12. The van der Waals surface area contributed by atoms with Crippen molar-refractivity contribution in [2.75, 3.05) is 5.32 Å². The lowest BCUT2D eigenvalue weighted by Gasteiger charge is -2.10. The minimum atomic E-state index is -0.446. The van der Waals surface area contributed by atoms with E-state index in [0.717, 1.165) is 16.8 Å². The number of nitrogens with one attached hydrogen (secondary N) is 1. The van der Waals surface area contributed by atoms with Crippen molar-refractivity contribution < 1.29 is 9.31 Å². The second-order valence-electron chi connectivity index (χ2n) is 4.35. The number of non-ortho nitro benzene ring substituents is 1. The normalized spacial score (nSPS) is 10.3. The molecule has 0 saturated carbocycles. The number of anilines is 1. The lowest BCUT2D eigenvalue weighted by Crippen LogP contribution is -2.02. The van der Waals surface area contributed by atoms with E-state index >= 15 is 0 Å². The summed E-state index contributed by atoms with van der Waals surface area (Å²) in [5, 5.41) is 13.8. The van der Waals surface area contributed by atoms with Gasteiger partial charge in [0.1, 0.15) is 5.82 Å². The third kappa shape index (κ3) is 3.33. The quantitative estimate of drug-likeness (QED) is 0.663. The monoisotopic (exact) mass is 338 g/mol. The molecular weight excluding hydrogens is 327 g/mol. The van der Waals surface area contributed by atoms with Crippen LogP contribution in [0, 0.1) is 22.9 Å². The van der Waals surface area contributed by atoms with Gasteiger partial charge < -0.3 is 5.32 Å². The third-order valence-electron chi connectivity index (χ3n) is 2.94. The van der Waals surface area contributed by atoms with E-state index in [-0.39, 0.29) is 11.5 Å². The molecule has 0 unspecified atom stereocenters. The Labute approximate surface area is 123 Å². The molecule has 0 radical (unpaired) electrons. The highest BCUT2D eigenvalue weighted by molar-refractivity contribution is 9.10. The largest absolute Gasteiger partial charge is 0.380 e. The number of halogens is 2. The van der Waals surface area contributed by atoms with Crippen molar-refractivity contribution in [3.05, 3.63) is 67.9 Å². The van der Waals surface area contributed by atoms with Crippen molar-refractivity contribution in [3.63, 3.8) is 0 Å².